The van der Waals surface area contributed by atoms with Crippen LogP contribution in [0.15, 0.2) is 83.8 Å². The SMILES string of the molecule is CN(C[C@@H](CCN1CCC(N2C(=O)NCc3ccccc32)CC1)c1cccc(Cl)c1)S(=O)(=O)c1ccccc1.Cl. The number of piperidine rings is 1. The third-order valence-electron chi connectivity index (χ3n) is 7.87. The fourth-order valence-electron chi connectivity index (χ4n) is 5.67. The van der Waals surface area contributed by atoms with Crippen LogP contribution in [0.4, 0.5) is 10.5 Å². The van der Waals surface area contributed by atoms with E-state index in [0.717, 1.165) is 55.7 Å². The monoisotopic (exact) mass is 602 g/mol. The minimum Gasteiger partial charge on any atom is -0.334 e. The Morgan fingerprint density at radius 3 is 2.42 bits per heavy atom. The molecule has 2 aliphatic heterocycles. The lowest BCUT2D eigenvalue weighted by atomic mass is 9.94. The van der Waals surface area contributed by atoms with E-state index in [0.29, 0.717) is 23.0 Å². The molecule has 2 amide bonds. The molecule has 7 nitrogen and oxygen atoms in total. The first-order chi connectivity index (χ1) is 18.8. The molecule has 0 spiro atoms. The number of sulfonamides is 1. The van der Waals surface area contributed by atoms with E-state index in [2.05, 4.69) is 16.3 Å². The predicted octanol–water partition coefficient (Wildman–Crippen LogP) is 5.75. The molecule has 5 rings (SSSR count). The fraction of sp³-hybridized carbons (Fsp3) is 0.367. The third-order valence-corrected chi connectivity index (χ3v) is 9.94. The summed E-state index contributed by atoms with van der Waals surface area (Å²) in [7, 11) is -1.96. The molecule has 0 saturated carbocycles. The Kier molecular flexibility index (Phi) is 10.1. The van der Waals surface area contributed by atoms with E-state index in [9.17, 15) is 13.2 Å². The number of rotatable bonds is 9. The lowest BCUT2D eigenvalue weighted by Crippen LogP contribution is -2.53. The van der Waals surface area contributed by atoms with Gasteiger partial charge in [-0.05, 0) is 73.2 Å². The van der Waals surface area contributed by atoms with Crippen LogP contribution < -0.4 is 10.2 Å². The number of amides is 2. The standard InChI is InChI=1S/C30H35ClN4O3S.ClH/c1-33(39(37,38)28-11-3-2-4-12-28)22-25(23-9-7-10-26(31)20-23)14-17-34-18-15-27(16-19-34)35-29-13-6-5-8-24(29)21-32-30(35)36;/h2-13,20,25,27H,14-19,21-22H2,1H3,(H,32,36);1H/t25-;/m1./s1. The Hall–Kier alpha value is -2.62. The largest absolute Gasteiger partial charge is 0.334 e. The fourth-order valence-corrected chi connectivity index (χ4v) is 7.10. The molecule has 40 heavy (non-hydrogen) atoms. The van der Waals surface area contributed by atoms with E-state index in [-0.39, 0.29) is 30.4 Å². The quantitative estimate of drug-likeness (QED) is 0.338. The summed E-state index contributed by atoms with van der Waals surface area (Å²) in [5.74, 6) is -0.00957. The average molecular weight is 604 g/mol. The molecule has 0 aliphatic carbocycles. The van der Waals surface area contributed by atoms with Gasteiger partial charge in [-0.2, -0.15) is 0 Å². The summed E-state index contributed by atoms with van der Waals surface area (Å²) in [4.78, 5) is 17.4. The number of anilines is 1. The van der Waals surface area contributed by atoms with Crippen molar-refractivity contribution in [3.8, 4) is 0 Å². The van der Waals surface area contributed by atoms with Gasteiger partial charge in [0.15, 0.2) is 0 Å². The number of carbonyl (C=O) groups is 1. The number of para-hydroxylation sites is 1. The number of benzene rings is 3. The number of hydrogen-bond acceptors (Lipinski definition) is 4. The van der Waals surface area contributed by atoms with Gasteiger partial charge in [0.2, 0.25) is 10.0 Å². The number of halogens is 2. The van der Waals surface area contributed by atoms with Crippen molar-refractivity contribution in [2.24, 2.45) is 0 Å². The zero-order valence-electron chi connectivity index (χ0n) is 22.6. The highest BCUT2D eigenvalue weighted by Crippen LogP contribution is 2.31. The number of likely N-dealkylation sites (tertiary alicyclic amines) is 1. The van der Waals surface area contributed by atoms with Crippen LogP contribution in [-0.4, -0.2) is 62.9 Å². The molecule has 3 aromatic rings. The molecule has 0 aromatic heterocycles. The van der Waals surface area contributed by atoms with Gasteiger partial charge in [-0.1, -0.05) is 60.1 Å². The van der Waals surface area contributed by atoms with Crippen molar-refractivity contribution in [2.75, 3.05) is 38.1 Å². The predicted molar refractivity (Wildman–Crippen MR) is 163 cm³/mol. The van der Waals surface area contributed by atoms with E-state index >= 15 is 0 Å². The Labute approximate surface area is 248 Å². The van der Waals surface area contributed by atoms with Gasteiger partial charge < -0.3 is 10.2 Å². The van der Waals surface area contributed by atoms with Crippen molar-refractivity contribution < 1.29 is 13.2 Å². The van der Waals surface area contributed by atoms with Gasteiger partial charge in [-0.15, -0.1) is 12.4 Å². The summed E-state index contributed by atoms with van der Waals surface area (Å²) in [5, 5.41) is 3.66. The summed E-state index contributed by atoms with van der Waals surface area (Å²) in [6.45, 7) is 3.54. The lowest BCUT2D eigenvalue weighted by molar-refractivity contribution is 0.195. The number of fused-ring (bicyclic) bond motifs is 1. The highest BCUT2D eigenvalue weighted by atomic mass is 35.5. The summed E-state index contributed by atoms with van der Waals surface area (Å²) in [6, 6.07) is 24.5. The highest BCUT2D eigenvalue weighted by molar-refractivity contribution is 7.89. The molecule has 1 saturated heterocycles. The van der Waals surface area contributed by atoms with Crippen molar-refractivity contribution in [2.45, 2.75) is 42.7 Å². The zero-order chi connectivity index (χ0) is 27.4. The molecular weight excluding hydrogens is 567 g/mol. The zero-order valence-corrected chi connectivity index (χ0v) is 25.0. The molecule has 0 bridgehead atoms. The second-order valence-electron chi connectivity index (χ2n) is 10.4. The van der Waals surface area contributed by atoms with Gasteiger partial charge in [0.25, 0.3) is 0 Å². The second-order valence-corrected chi connectivity index (χ2v) is 12.9. The molecule has 3 aromatic carbocycles. The number of nitrogens with zero attached hydrogens (tertiary/aromatic N) is 3. The molecule has 1 atom stereocenters. The van der Waals surface area contributed by atoms with Crippen LogP contribution in [0.1, 0.15) is 36.3 Å². The van der Waals surface area contributed by atoms with Crippen LogP contribution in [0.5, 0.6) is 0 Å². The minimum absolute atomic E-state index is 0. The van der Waals surface area contributed by atoms with E-state index < -0.39 is 10.0 Å². The first-order valence-corrected chi connectivity index (χ1v) is 15.3. The van der Waals surface area contributed by atoms with Gasteiger partial charge in [-0.25, -0.2) is 17.5 Å². The molecule has 2 heterocycles. The Bertz CT molecular complexity index is 1400. The lowest BCUT2D eigenvalue weighted by Gasteiger charge is -2.41. The summed E-state index contributed by atoms with van der Waals surface area (Å²) >= 11 is 6.32. The van der Waals surface area contributed by atoms with E-state index in [1.165, 1.54) is 4.31 Å². The van der Waals surface area contributed by atoms with E-state index in [4.69, 9.17) is 11.6 Å². The number of urea groups is 1. The Morgan fingerprint density at radius 2 is 1.70 bits per heavy atom. The number of nitrogens with one attached hydrogen (secondary N) is 1. The molecule has 1 fully saturated rings. The summed E-state index contributed by atoms with van der Waals surface area (Å²) < 4.78 is 27.9. The summed E-state index contributed by atoms with van der Waals surface area (Å²) in [6.07, 6.45) is 2.59. The smallest absolute Gasteiger partial charge is 0.322 e. The molecule has 1 N–H and O–H groups in total. The first-order valence-electron chi connectivity index (χ1n) is 13.5. The number of likely N-dealkylation sites (N-methyl/N-ethyl adjacent to an activating group) is 1. The Morgan fingerprint density at radius 1 is 1.00 bits per heavy atom. The van der Waals surface area contributed by atoms with Crippen LogP contribution in [0, 0.1) is 0 Å². The highest BCUT2D eigenvalue weighted by Gasteiger charge is 2.33. The van der Waals surface area contributed by atoms with Gasteiger partial charge >= 0.3 is 6.03 Å². The molecule has 10 heteroatoms. The van der Waals surface area contributed by atoms with E-state index in [1.54, 1.807) is 31.3 Å². The third kappa shape index (κ3) is 6.81. The summed E-state index contributed by atoms with van der Waals surface area (Å²) in [5.41, 5.74) is 3.20. The molecule has 214 valence electrons. The molecule has 0 radical (unpaired) electrons. The van der Waals surface area contributed by atoms with Crippen LogP contribution >= 0.6 is 24.0 Å². The maximum absolute atomic E-state index is 13.2. The van der Waals surface area contributed by atoms with Crippen LogP contribution in [-0.2, 0) is 16.6 Å². The van der Waals surface area contributed by atoms with Gasteiger partial charge in [0.1, 0.15) is 0 Å². The normalized spacial score (nSPS) is 17.2. The van der Waals surface area contributed by atoms with Crippen molar-refractivity contribution in [3.05, 3.63) is 95.0 Å². The molecule has 2 aliphatic rings. The van der Waals surface area contributed by atoms with Crippen molar-refractivity contribution in [1.29, 1.82) is 0 Å². The van der Waals surface area contributed by atoms with Crippen LogP contribution in [0.3, 0.4) is 0 Å². The maximum Gasteiger partial charge on any atom is 0.322 e. The van der Waals surface area contributed by atoms with Gasteiger partial charge in [0.05, 0.1) is 10.6 Å². The maximum atomic E-state index is 13.2. The van der Waals surface area contributed by atoms with Crippen molar-refractivity contribution in [1.82, 2.24) is 14.5 Å². The van der Waals surface area contributed by atoms with Gasteiger partial charge in [0, 0.05) is 44.3 Å². The number of carbonyl (C=O) groups excluding carboxylic acids is 1. The number of hydrogen-bond donors (Lipinski definition) is 1. The van der Waals surface area contributed by atoms with Crippen LogP contribution in [0.2, 0.25) is 5.02 Å². The van der Waals surface area contributed by atoms with E-state index in [1.807, 2.05) is 53.4 Å². The average Bonchev–Trinajstić information content (AvgIpc) is 2.96. The minimum atomic E-state index is -3.60. The van der Waals surface area contributed by atoms with Gasteiger partial charge in [-0.3, -0.25) is 4.90 Å². The van der Waals surface area contributed by atoms with Crippen LogP contribution in [0.25, 0.3) is 0 Å². The second kappa shape index (κ2) is 13.4. The molecular formula is C30H36Cl2N4O3S. The molecule has 0 unspecified atom stereocenters. The van der Waals surface area contributed by atoms with Crippen molar-refractivity contribution >= 4 is 45.7 Å². The Balaban J connectivity index is 0.00000370. The first kappa shape index (κ1) is 30.3. The topological polar surface area (TPSA) is 73.0 Å². The van der Waals surface area contributed by atoms with Crippen molar-refractivity contribution in [3.63, 3.8) is 0 Å².